The minimum absolute atomic E-state index is 0.233. The number of anilines is 1. The van der Waals surface area contributed by atoms with Gasteiger partial charge < -0.3 is 10.3 Å². The number of hydrogen-bond donors (Lipinski definition) is 1. The van der Waals surface area contributed by atoms with E-state index < -0.39 is 5.82 Å². The van der Waals surface area contributed by atoms with Gasteiger partial charge >= 0.3 is 0 Å². The Balaban J connectivity index is 2.39. The van der Waals surface area contributed by atoms with E-state index >= 15 is 0 Å². The van der Waals surface area contributed by atoms with Gasteiger partial charge in [-0.2, -0.15) is 0 Å². The Hall–Kier alpha value is -2.76. The largest absolute Gasteiger partial charge is 0.384 e. The first kappa shape index (κ1) is 13.2. The van der Waals surface area contributed by atoms with Gasteiger partial charge in [0, 0.05) is 42.0 Å². The number of hydrogen-bond acceptors (Lipinski definition) is 4. The molecule has 3 rings (SSSR count). The molecule has 3 aromatic rings. The second kappa shape index (κ2) is 4.66. The fourth-order valence-corrected chi connectivity index (χ4v) is 2.34. The normalized spacial score (nSPS) is 11.0. The Morgan fingerprint density at radius 2 is 1.95 bits per heavy atom. The minimum atomic E-state index is -0.440. The number of nitrogen functional groups attached to an aromatic ring is 1. The average molecular weight is 284 g/mol. The van der Waals surface area contributed by atoms with Crippen molar-refractivity contribution >= 4 is 16.7 Å². The molecule has 0 fully saturated rings. The summed E-state index contributed by atoms with van der Waals surface area (Å²) in [5.41, 5.74) is 7.36. The first-order valence-electron chi connectivity index (χ1n) is 6.35. The second-order valence-corrected chi connectivity index (χ2v) is 4.88. The molecule has 0 aromatic carbocycles. The highest BCUT2D eigenvalue weighted by Gasteiger charge is 2.13. The number of pyridine rings is 3. The molecule has 0 aliphatic rings. The lowest BCUT2D eigenvalue weighted by atomic mass is 10.0. The summed E-state index contributed by atoms with van der Waals surface area (Å²) in [5.74, 6) is -0.0982. The summed E-state index contributed by atoms with van der Waals surface area (Å²) < 4.78 is 15.1. The lowest BCUT2D eigenvalue weighted by Crippen LogP contribution is -2.19. The van der Waals surface area contributed by atoms with Crippen LogP contribution in [0.1, 0.15) is 5.56 Å². The van der Waals surface area contributed by atoms with Crippen LogP contribution in [0.5, 0.6) is 0 Å². The zero-order valence-electron chi connectivity index (χ0n) is 11.6. The molecule has 0 aliphatic heterocycles. The summed E-state index contributed by atoms with van der Waals surface area (Å²) in [5, 5.41) is 0.755. The maximum atomic E-state index is 13.7. The Labute approximate surface area is 119 Å². The van der Waals surface area contributed by atoms with E-state index in [-0.39, 0.29) is 5.56 Å². The summed E-state index contributed by atoms with van der Waals surface area (Å²) in [6.45, 7) is 1.62. The van der Waals surface area contributed by atoms with Crippen LogP contribution < -0.4 is 11.3 Å². The van der Waals surface area contributed by atoms with Gasteiger partial charge in [0.15, 0.2) is 0 Å². The van der Waals surface area contributed by atoms with Crippen LogP contribution in [0.4, 0.5) is 10.2 Å². The summed E-state index contributed by atoms with van der Waals surface area (Å²) >= 11 is 0. The Kier molecular flexibility index (Phi) is 2.94. The summed E-state index contributed by atoms with van der Waals surface area (Å²) in [6.07, 6.45) is 4.22. The number of nitrogens with two attached hydrogens (primary N) is 1. The zero-order valence-corrected chi connectivity index (χ0v) is 11.6. The first-order chi connectivity index (χ1) is 9.99. The maximum absolute atomic E-state index is 13.7. The van der Waals surface area contributed by atoms with E-state index in [4.69, 9.17) is 5.73 Å². The third kappa shape index (κ3) is 2.05. The number of aromatic nitrogens is 3. The molecule has 3 heterocycles. The molecule has 0 radical (unpaired) electrons. The molecule has 0 spiro atoms. The Bertz CT molecular complexity index is 917. The van der Waals surface area contributed by atoms with Crippen molar-refractivity contribution < 1.29 is 4.39 Å². The van der Waals surface area contributed by atoms with Crippen LogP contribution in [0.2, 0.25) is 0 Å². The molecule has 21 heavy (non-hydrogen) atoms. The third-order valence-electron chi connectivity index (χ3n) is 3.57. The van der Waals surface area contributed by atoms with E-state index in [9.17, 15) is 9.18 Å². The first-order valence-corrected chi connectivity index (χ1v) is 6.35. The fraction of sp³-hybridized carbons (Fsp3) is 0.133. The summed E-state index contributed by atoms with van der Waals surface area (Å²) in [4.78, 5) is 20.4. The molecule has 0 amide bonds. The Morgan fingerprint density at radius 3 is 2.71 bits per heavy atom. The minimum Gasteiger partial charge on any atom is -0.384 e. The molecule has 106 valence electrons. The van der Waals surface area contributed by atoms with Crippen LogP contribution in [0, 0.1) is 12.7 Å². The molecule has 0 saturated heterocycles. The van der Waals surface area contributed by atoms with Crippen molar-refractivity contribution in [3.05, 3.63) is 52.5 Å². The summed E-state index contributed by atoms with van der Waals surface area (Å²) in [7, 11) is 1.65. The van der Waals surface area contributed by atoms with E-state index in [1.54, 1.807) is 32.3 Å². The van der Waals surface area contributed by atoms with Gasteiger partial charge in [-0.15, -0.1) is 0 Å². The molecule has 5 nitrogen and oxygen atoms in total. The van der Waals surface area contributed by atoms with Gasteiger partial charge in [-0.1, -0.05) is 0 Å². The predicted octanol–water partition coefficient (Wildman–Crippen LogP) is 2.03. The van der Waals surface area contributed by atoms with Gasteiger partial charge in [-0.05, 0) is 18.6 Å². The van der Waals surface area contributed by atoms with Gasteiger partial charge in [0.2, 0.25) is 0 Å². The second-order valence-electron chi connectivity index (χ2n) is 4.88. The monoisotopic (exact) mass is 284 g/mol. The molecule has 0 bridgehead atoms. The van der Waals surface area contributed by atoms with E-state index in [1.807, 2.05) is 0 Å². The fourth-order valence-electron chi connectivity index (χ4n) is 2.34. The van der Waals surface area contributed by atoms with Crippen molar-refractivity contribution in [2.45, 2.75) is 6.92 Å². The standard InChI is InChI=1S/C15H13FN4O/c1-8-11(6-18-7-12(8)16)10-3-9-5-19-14(17)4-13(9)20(2)15(10)21/h3-7H,1-2H3,(H2,17,19). The number of halogens is 1. The van der Waals surface area contributed by atoms with E-state index in [1.165, 1.54) is 10.8 Å². The molecule has 2 N–H and O–H groups in total. The number of nitrogens with zero attached hydrogens (tertiary/aromatic N) is 3. The van der Waals surface area contributed by atoms with Crippen LogP contribution in [0.25, 0.3) is 22.0 Å². The molecule has 0 aliphatic carbocycles. The Morgan fingerprint density at radius 1 is 1.19 bits per heavy atom. The van der Waals surface area contributed by atoms with E-state index in [0.29, 0.717) is 28.0 Å². The van der Waals surface area contributed by atoms with E-state index in [0.717, 1.165) is 11.6 Å². The van der Waals surface area contributed by atoms with Crippen LogP contribution in [-0.2, 0) is 7.05 Å². The lowest BCUT2D eigenvalue weighted by Gasteiger charge is -2.11. The maximum Gasteiger partial charge on any atom is 0.258 e. The van der Waals surface area contributed by atoms with Gasteiger partial charge in [0.05, 0.1) is 11.7 Å². The lowest BCUT2D eigenvalue weighted by molar-refractivity contribution is 0.612. The highest BCUT2D eigenvalue weighted by Crippen LogP contribution is 2.24. The van der Waals surface area contributed by atoms with Crippen molar-refractivity contribution in [1.82, 2.24) is 14.5 Å². The molecule has 0 unspecified atom stereocenters. The summed E-state index contributed by atoms with van der Waals surface area (Å²) in [6, 6.07) is 3.32. The quantitative estimate of drug-likeness (QED) is 0.742. The number of aryl methyl sites for hydroxylation is 1. The van der Waals surface area contributed by atoms with Crippen LogP contribution >= 0.6 is 0 Å². The number of rotatable bonds is 1. The third-order valence-corrected chi connectivity index (χ3v) is 3.57. The van der Waals surface area contributed by atoms with E-state index in [2.05, 4.69) is 9.97 Å². The van der Waals surface area contributed by atoms with Gasteiger partial charge in [-0.3, -0.25) is 9.78 Å². The van der Waals surface area contributed by atoms with Crippen molar-refractivity contribution in [2.75, 3.05) is 5.73 Å². The zero-order chi connectivity index (χ0) is 15.1. The topological polar surface area (TPSA) is 73.8 Å². The molecule has 6 heteroatoms. The smallest absolute Gasteiger partial charge is 0.258 e. The van der Waals surface area contributed by atoms with Crippen LogP contribution in [0.15, 0.2) is 35.5 Å². The predicted molar refractivity (Wildman–Crippen MR) is 79.3 cm³/mol. The van der Waals surface area contributed by atoms with Crippen molar-refractivity contribution in [1.29, 1.82) is 0 Å². The van der Waals surface area contributed by atoms with Gasteiger partial charge in [0.25, 0.3) is 5.56 Å². The molecular weight excluding hydrogens is 271 g/mol. The molecule has 0 atom stereocenters. The van der Waals surface area contributed by atoms with Crippen molar-refractivity contribution in [3.63, 3.8) is 0 Å². The highest BCUT2D eigenvalue weighted by atomic mass is 19.1. The van der Waals surface area contributed by atoms with Gasteiger partial charge in [0.1, 0.15) is 11.6 Å². The molecular formula is C15H13FN4O. The van der Waals surface area contributed by atoms with Crippen molar-refractivity contribution in [3.8, 4) is 11.1 Å². The molecule has 0 saturated carbocycles. The van der Waals surface area contributed by atoms with Crippen LogP contribution in [0.3, 0.4) is 0 Å². The average Bonchev–Trinajstić information content (AvgIpc) is 2.47. The SMILES string of the molecule is Cc1c(F)cncc1-c1cc2cnc(N)cc2n(C)c1=O. The van der Waals surface area contributed by atoms with Crippen LogP contribution in [-0.4, -0.2) is 14.5 Å². The van der Waals surface area contributed by atoms with Crippen molar-refractivity contribution in [2.24, 2.45) is 7.05 Å². The number of fused-ring (bicyclic) bond motifs is 1. The van der Waals surface area contributed by atoms with Gasteiger partial charge in [-0.25, -0.2) is 9.37 Å². The highest BCUT2D eigenvalue weighted by molar-refractivity contribution is 5.85. The molecule has 3 aromatic heterocycles.